The van der Waals surface area contributed by atoms with Crippen LogP contribution < -0.4 is 20.7 Å². The molecule has 4 aromatic rings. The Kier molecular flexibility index (Phi) is 7.85. The van der Waals surface area contributed by atoms with Crippen molar-refractivity contribution in [2.24, 2.45) is 5.92 Å². The maximum atomic E-state index is 12.5. The van der Waals surface area contributed by atoms with Crippen LogP contribution in [0.1, 0.15) is 25.0 Å². The van der Waals surface area contributed by atoms with Crippen molar-refractivity contribution in [2.75, 3.05) is 22.6 Å². The van der Waals surface area contributed by atoms with Crippen molar-refractivity contribution in [1.82, 2.24) is 0 Å². The van der Waals surface area contributed by atoms with E-state index in [-0.39, 0.29) is 24.3 Å². The van der Waals surface area contributed by atoms with E-state index < -0.39 is 0 Å². The minimum absolute atomic E-state index is 0.0142. The van der Waals surface area contributed by atoms with Gasteiger partial charge in [-0.3, -0.25) is 9.59 Å². The fourth-order valence-electron chi connectivity index (χ4n) is 3.76. The molecule has 0 saturated carbocycles. The average molecular weight is 482 g/mol. The first-order valence-electron chi connectivity index (χ1n) is 12.0. The summed E-state index contributed by atoms with van der Waals surface area (Å²) >= 11 is 0. The van der Waals surface area contributed by atoms with E-state index in [0.29, 0.717) is 12.3 Å². The number of hydrogen-bond donors (Lipinski definition) is 3. The van der Waals surface area contributed by atoms with Crippen molar-refractivity contribution in [3.63, 3.8) is 0 Å². The number of rotatable bonds is 9. The zero-order valence-electron chi connectivity index (χ0n) is 20.8. The van der Waals surface area contributed by atoms with Crippen LogP contribution in [0.15, 0.2) is 84.9 Å². The predicted molar refractivity (Wildman–Crippen MR) is 146 cm³/mol. The minimum atomic E-state index is -0.218. The van der Waals surface area contributed by atoms with Crippen molar-refractivity contribution < 1.29 is 14.3 Å². The normalized spacial score (nSPS) is 10.8. The summed E-state index contributed by atoms with van der Waals surface area (Å²) in [7, 11) is 0. The molecule has 6 heteroatoms. The Balaban J connectivity index is 1.46. The summed E-state index contributed by atoms with van der Waals surface area (Å²) in [5, 5.41) is 11.4. The fourth-order valence-corrected chi connectivity index (χ4v) is 3.76. The minimum Gasteiger partial charge on any atom is -0.483 e. The van der Waals surface area contributed by atoms with Crippen LogP contribution in [-0.4, -0.2) is 18.4 Å². The predicted octanol–water partition coefficient (Wildman–Crippen LogP) is 6.37. The van der Waals surface area contributed by atoms with Crippen LogP contribution in [-0.2, 0) is 16.1 Å². The number of carbonyl (C=O) groups excluding carboxylic acids is 2. The van der Waals surface area contributed by atoms with Crippen LogP contribution in [0.3, 0.4) is 0 Å². The Morgan fingerprint density at radius 2 is 1.42 bits per heavy atom. The number of hydrogen-bond acceptors (Lipinski definition) is 4. The molecule has 0 aliphatic heterocycles. The summed E-state index contributed by atoms with van der Waals surface area (Å²) in [5.74, 6) is 0.345. The Bertz CT molecular complexity index is 1350. The van der Waals surface area contributed by atoms with Crippen LogP contribution in [0, 0.1) is 12.8 Å². The summed E-state index contributed by atoms with van der Waals surface area (Å²) in [5.41, 5.74) is 4.50. The van der Waals surface area contributed by atoms with Gasteiger partial charge in [0.15, 0.2) is 6.61 Å². The van der Waals surface area contributed by atoms with Gasteiger partial charge in [0.05, 0.1) is 0 Å². The molecule has 6 nitrogen and oxygen atoms in total. The van der Waals surface area contributed by atoms with Crippen LogP contribution in [0.5, 0.6) is 5.75 Å². The first kappa shape index (κ1) is 24.8. The molecule has 4 aromatic carbocycles. The van der Waals surface area contributed by atoms with Gasteiger partial charge in [-0.05, 0) is 60.2 Å². The van der Waals surface area contributed by atoms with Gasteiger partial charge >= 0.3 is 0 Å². The Morgan fingerprint density at radius 3 is 2.14 bits per heavy atom. The lowest BCUT2D eigenvalue weighted by Crippen LogP contribution is -2.20. The van der Waals surface area contributed by atoms with Gasteiger partial charge in [-0.15, -0.1) is 0 Å². The number of aryl methyl sites for hydroxylation is 1. The van der Waals surface area contributed by atoms with Crippen LogP contribution >= 0.6 is 0 Å². The zero-order valence-corrected chi connectivity index (χ0v) is 20.8. The second-order valence-electron chi connectivity index (χ2n) is 9.04. The number of anilines is 3. The van der Waals surface area contributed by atoms with E-state index in [1.165, 1.54) is 0 Å². The van der Waals surface area contributed by atoms with Gasteiger partial charge < -0.3 is 20.7 Å². The van der Waals surface area contributed by atoms with E-state index in [2.05, 4.69) is 28.1 Å². The van der Waals surface area contributed by atoms with Gasteiger partial charge in [-0.1, -0.05) is 61.9 Å². The molecular weight excluding hydrogens is 450 g/mol. The smallest absolute Gasteiger partial charge is 0.262 e. The molecule has 0 fully saturated rings. The largest absolute Gasteiger partial charge is 0.483 e. The summed E-state index contributed by atoms with van der Waals surface area (Å²) < 4.78 is 5.98. The Hall–Kier alpha value is -4.32. The lowest BCUT2D eigenvalue weighted by molar-refractivity contribution is -0.119. The molecule has 4 rings (SSSR count). The molecular formula is C30H31N3O3. The van der Waals surface area contributed by atoms with Gasteiger partial charge in [-0.2, -0.15) is 0 Å². The van der Waals surface area contributed by atoms with Gasteiger partial charge in [0.2, 0.25) is 5.91 Å². The highest BCUT2D eigenvalue weighted by Crippen LogP contribution is 2.29. The summed E-state index contributed by atoms with van der Waals surface area (Å²) in [6.07, 6.45) is 0. The van der Waals surface area contributed by atoms with Crippen LogP contribution in [0.4, 0.5) is 17.1 Å². The van der Waals surface area contributed by atoms with E-state index >= 15 is 0 Å². The summed E-state index contributed by atoms with van der Waals surface area (Å²) in [6, 6.07) is 27.3. The van der Waals surface area contributed by atoms with Crippen molar-refractivity contribution >= 4 is 39.6 Å². The fraction of sp³-hybridized carbons (Fsp3) is 0.200. The first-order chi connectivity index (χ1) is 17.4. The Morgan fingerprint density at radius 1 is 0.778 bits per heavy atom. The van der Waals surface area contributed by atoms with E-state index in [0.717, 1.165) is 39.0 Å². The lowest BCUT2D eigenvalue weighted by atomic mass is 10.0. The second kappa shape index (κ2) is 11.4. The van der Waals surface area contributed by atoms with Gasteiger partial charge in [0.25, 0.3) is 5.91 Å². The molecule has 2 amide bonds. The monoisotopic (exact) mass is 481 g/mol. The van der Waals surface area contributed by atoms with E-state index in [1.807, 2.05) is 93.6 Å². The zero-order chi connectivity index (χ0) is 25.5. The molecule has 3 N–H and O–H groups in total. The maximum Gasteiger partial charge on any atom is 0.262 e. The van der Waals surface area contributed by atoms with E-state index in [1.54, 1.807) is 0 Å². The molecule has 0 heterocycles. The highest BCUT2D eigenvalue weighted by molar-refractivity contribution is 5.93. The van der Waals surface area contributed by atoms with Crippen molar-refractivity contribution in [1.29, 1.82) is 0 Å². The van der Waals surface area contributed by atoms with Crippen LogP contribution in [0.2, 0.25) is 0 Å². The molecule has 0 unspecified atom stereocenters. The molecule has 36 heavy (non-hydrogen) atoms. The second-order valence-corrected chi connectivity index (χ2v) is 9.04. The SMILES string of the molecule is Cc1ccc(NC(=O)COc2ccc3ccccc3c2CNc2ccc(NC(=O)C(C)C)cc2)cc1. The molecule has 0 saturated heterocycles. The third-order valence-electron chi connectivity index (χ3n) is 5.84. The van der Waals surface area contributed by atoms with Gasteiger partial charge in [0.1, 0.15) is 5.75 Å². The molecule has 0 radical (unpaired) electrons. The molecule has 0 aliphatic carbocycles. The van der Waals surface area contributed by atoms with Crippen molar-refractivity contribution in [2.45, 2.75) is 27.3 Å². The summed E-state index contributed by atoms with van der Waals surface area (Å²) in [6.45, 7) is 6.14. The molecule has 0 atom stereocenters. The quantitative estimate of drug-likeness (QED) is 0.259. The topological polar surface area (TPSA) is 79.5 Å². The number of fused-ring (bicyclic) bond motifs is 1. The average Bonchev–Trinajstić information content (AvgIpc) is 2.88. The third kappa shape index (κ3) is 6.42. The molecule has 0 spiro atoms. The molecule has 0 aromatic heterocycles. The number of amides is 2. The molecule has 0 aliphatic rings. The van der Waals surface area contributed by atoms with E-state index in [9.17, 15) is 9.59 Å². The first-order valence-corrected chi connectivity index (χ1v) is 12.0. The van der Waals surface area contributed by atoms with E-state index in [4.69, 9.17) is 4.74 Å². The molecule has 0 bridgehead atoms. The van der Waals surface area contributed by atoms with Gasteiger partial charge in [-0.25, -0.2) is 0 Å². The number of nitrogens with one attached hydrogen (secondary N) is 3. The van der Waals surface area contributed by atoms with Crippen molar-refractivity contribution in [3.8, 4) is 5.75 Å². The highest BCUT2D eigenvalue weighted by Gasteiger charge is 2.12. The summed E-state index contributed by atoms with van der Waals surface area (Å²) in [4.78, 5) is 24.4. The number of carbonyl (C=O) groups is 2. The maximum absolute atomic E-state index is 12.5. The lowest BCUT2D eigenvalue weighted by Gasteiger charge is -2.16. The van der Waals surface area contributed by atoms with Crippen LogP contribution in [0.25, 0.3) is 10.8 Å². The highest BCUT2D eigenvalue weighted by atomic mass is 16.5. The third-order valence-corrected chi connectivity index (χ3v) is 5.84. The number of benzene rings is 4. The van der Waals surface area contributed by atoms with Crippen molar-refractivity contribution in [3.05, 3.63) is 96.1 Å². The van der Waals surface area contributed by atoms with Gasteiger partial charge in [0, 0.05) is 35.1 Å². The standard InChI is InChI=1S/C30H31N3O3/c1-20(2)30(35)33-25-15-13-23(14-16-25)31-18-27-26-7-5-4-6-22(26)10-17-28(27)36-19-29(34)32-24-11-8-21(3)9-12-24/h4-17,20,31H,18-19H2,1-3H3,(H,32,34)(H,33,35). The molecule has 184 valence electrons. The Labute approximate surface area is 211 Å². The number of ether oxygens (including phenoxy) is 1.